The van der Waals surface area contributed by atoms with Gasteiger partial charge in [0.05, 0.1) is 6.42 Å². The number of fused-ring (bicyclic) bond motifs is 1. The van der Waals surface area contributed by atoms with E-state index in [4.69, 9.17) is 11.6 Å². The first kappa shape index (κ1) is 13.0. The van der Waals surface area contributed by atoms with Gasteiger partial charge >= 0.3 is 0 Å². The van der Waals surface area contributed by atoms with E-state index in [0.29, 0.717) is 11.4 Å². The second-order valence-electron chi connectivity index (χ2n) is 4.25. The van der Waals surface area contributed by atoms with Crippen molar-refractivity contribution in [2.24, 2.45) is 0 Å². The number of hydrogen-bond donors (Lipinski definition) is 1. The number of aromatic nitrogens is 1. The molecule has 0 unspecified atom stereocenters. The Labute approximate surface area is 112 Å². The Kier molecular flexibility index (Phi) is 3.92. The third kappa shape index (κ3) is 2.51. The van der Waals surface area contributed by atoms with Gasteiger partial charge in [0, 0.05) is 35.2 Å². The molecule has 0 aliphatic heterocycles. The van der Waals surface area contributed by atoms with Gasteiger partial charge in [-0.2, -0.15) is 0 Å². The minimum Gasteiger partial charge on any atom is -0.361 e. The van der Waals surface area contributed by atoms with Crippen LogP contribution in [-0.2, 0) is 11.2 Å². The monoisotopic (exact) mass is 264 g/mol. The van der Waals surface area contributed by atoms with Gasteiger partial charge in [-0.25, -0.2) is 0 Å². The van der Waals surface area contributed by atoms with E-state index in [0.717, 1.165) is 29.6 Å². The zero-order valence-corrected chi connectivity index (χ0v) is 11.4. The van der Waals surface area contributed by atoms with Crippen LogP contribution >= 0.6 is 11.6 Å². The number of carbonyl (C=O) groups is 1. The molecule has 4 heteroatoms. The Morgan fingerprint density at radius 1 is 1.33 bits per heavy atom. The molecule has 2 aromatic rings. The quantitative estimate of drug-likeness (QED) is 0.904. The van der Waals surface area contributed by atoms with Crippen LogP contribution in [0.4, 0.5) is 0 Å². The molecule has 0 atom stereocenters. The standard InChI is InChI=1S/C14H17ClN2O/c1-3-17(4-2)14(18)7-10-9-16-13-8-11(15)5-6-12(10)13/h5-6,8-9,16H,3-4,7H2,1-2H3. The van der Waals surface area contributed by atoms with Crippen molar-refractivity contribution in [2.45, 2.75) is 20.3 Å². The number of hydrogen-bond acceptors (Lipinski definition) is 1. The molecule has 0 bridgehead atoms. The molecule has 96 valence electrons. The van der Waals surface area contributed by atoms with Gasteiger partial charge in [-0.05, 0) is 31.5 Å². The number of nitrogens with zero attached hydrogens (tertiary/aromatic N) is 1. The van der Waals surface area contributed by atoms with E-state index in [-0.39, 0.29) is 5.91 Å². The Morgan fingerprint density at radius 3 is 2.72 bits per heavy atom. The van der Waals surface area contributed by atoms with Crippen molar-refractivity contribution in [2.75, 3.05) is 13.1 Å². The van der Waals surface area contributed by atoms with Crippen molar-refractivity contribution >= 4 is 28.4 Å². The normalized spacial score (nSPS) is 10.8. The number of amides is 1. The minimum absolute atomic E-state index is 0.163. The first-order valence-corrected chi connectivity index (χ1v) is 6.56. The molecule has 1 amide bonds. The predicted octanol–water partition coefficient (Wildman–Crippen LogP) is 3.23. The molecule has 3 nitrogen and oxygen atoms in total. The zero-order valence-electron chi connectivity index (χ0n) is 10.7. The summed E-state index contributed by atoms with van der Waals surface area (Å²) >= 11 is 5.93. The lowest BCUT2D eigenvalue weighted by Crippen LogP contribution is -2.31. The maximum atomic E-state index is 12.1. The van der Waals surface area contributed by atoms with Gasteiger partial charge in [0.25, 0.3) is 0 Å². The number of rotatable bonds is 4. The van der Waals surface area contributed by atoms with Gasteiger partial charge in [0.1, 0.15) is 0 Å². The maximum Gasteiger partial charge on any atom is 0.227 e. The number of H-pyrrole nitrogens is 1. The number of nitrogens with one attached hydrogen (secondary N) is 1. The van der Waals surface area contributed by atoms with Crippen LogP contribution in [0.15, 0.2) is 24.4 Å². The highest BCUT2D eigenvalue weighted by atomic mass is 35.5. The van der Waals surface area contributed by atoms with E-state index in [9.17, 15) is 4.79 Å². The number of halogens is 1. The number of aromatic amines is 1. The molecule has 0 radical (unpaired) electrons. The van der Waals surface area contributed by atoms with Gasteiger partial charge in [-0.15, -0.1) is 0 Å². The Bertz CT molecular complexity index is 558. The van der Waals surface area contributed by atoms with Gasteiger partial charge < -0.3 is 9.88 Å². The summed E-state index contributed by atoms with van der Waals surface area (Å²) in [6, 6.07) is 5.68. The highest BCUT2D eigenvalue weighted by Crippen LogP contribution is 2.22. The fourth-order valence-electron chi connectivity index (χ4n) is 2.16. The molecule has 1 heterocycles. The second-order valence-corrected chi connectivity index (χ2v) is 4.68. The van der Waals surface area contributed by atoms with Crippen molar-refractivity contribution in [1.29, 1.82) is 0 Å². The van der Waals surface area contributed by atoms with Crippen molar-refractivity contribution in [3.63, 3.8) is 0 Å². The highest BCUT2D eigenvalue weighted by molar-refractivity contribution is 6.31. The largest absolute Gasteiger partial charge is 0.361 e. The number of carbonyl (C=O) groups excluding carboxylic acids is 1. The topological polar surface area (TPSA) is 36.1 Å². The van der Waals surface area contributed by atoms with Crippen LogP contribution in [-0.4, -0.2) is 28.9 Å². The van der Waals surface area contributed by atoms with Crippen LogP contribution in [0.5, 0.6) is 0 Å². The fraction of sp³-hybridized carbons (Fsp3) is 0.357. The summed E-state index contributed by atoms with van der Waals surface area (Å²) in [4.78, 5) is 17.1. The molecule has 0 saturated carbocycles. The first-order chi connectivity index (χ1) is 8.65. The predicted molar refractivity (Wildman–Crippen MR) is 74.9 cm³/mol. The number of likely N-dealkylation sites (N-methyl/N-ethyl adjacent to an activating group) is 1. The molecular weight excluding hydrogens is 248 g/mol. The Hall–Kier alpha value is -1.48. The fourth-order valence-corrected chi connectivity index (χ4v) is 2.33. The molecule has 1 aromatic carbocycles. The lowest BCUT2D eigenvalue weighted by Gasteiger charge is -2.18. The van der Waals surface area contributed by atoms with Gasteiger partial charge in [-0.3, -0.25) is 4.79 Å². The molecule has 0 aliphatic rings. The molecule has 18 heavy (non-hydrogen) atoms. The molecule has 2 rings (SSSR count). The molecular formula is C14H17ClN2O. The molecule has 0 saturated heterocycles. The van der Waals surface area contributed by atoms with Crippen molar-refractivity contribution in [3.8, 4) is 0 Å². The van der Waals surface area contributed by atoms with E-state index in [2.05, 4.69) is 4.98 Å². The molecule has 1 aromatic heterocycles. The van der Waals surface area contributed by atoms with Crippen molar-refractivity contribution < 1.29 is 4.79 Å². The van der Waals surface area contributed by atoms with Crippen LogP contribution in [0.1, 0.15) is 19.4 Å². The second kappa shape index (κ2) is 5.44. The van der Waals surface area contributed by atoms with Crippen LogP contribution in [0.3, 0.4) is 0 Å². The lowest BCUT2D eigenvalue weighted by molar-refractivity contribution is -0.130. The zero-order chi connectivity index (χ0) is 13.1. The van der Waals surface area contributed by atoms with Gasteiger partial charge in [-0.1, -0.05) is 17.7 Å². The van der Waals surface area contributed by atoms with Crippen molar-refractivity contribution in [1.82, 2.24) is 9.88 Å². The van der Waals surface area contributed by atoms with E-state index in [1.807, 2.05) is 43.1 Å². The van der Waals surface area contributed by atoms with Crippen LogP contribution in [0.25, 0.3) is 10.9 Å². The molecule has 1 N–H and O–H groups in total. The van der Waals surface area contributed by atoms with Crippen LogP contribution < -0.4 is 0 Å². The SMILES string of the molecule is CCN(CC)C(=O)Cc1c[nH]c2cc(Cl)ccc12. The lowest BCUT2D eigenvalue weighted by atomic mass is 10.1. The summed E-state index contributed by atoms with van der Waals surface area (Å²) in [6.45, 7) is 5.50. The average molecular weight is 265 g/mol. The summed E-state index contributed by atoms with van der Waals surface area (Å²) in [5.74, 6) is 0.163. The Morgan fingerprint density at radius 2 is 2.06 bits per heavy atom. The molecule has 0 fully saturated rings. The van der Waals surface area contributed by atoms with Gasteiger partial charge in [0.2, 0.25) is 5.91 Å². The summed E-state index contributed by atoms with van der Waals surface area (Å²) in [5, 5.41) is 1.77. The summed E-state index contributed by atoms with van der Waals surface area (Å²) in [5.41, 5.74) is 2.00. The summed E-state index contributed by atoms with van der Waals surface area (Å²) in [6.07, 6.45) is 2.33. The first-order valence-electron chi connectivity index (χ1n) is 6.19. The Balaban J connectivity index is 2.24. The summed E-state index contributed by atoms with van der Waals surface area (Å²) < 4.78 is 0. The molecule has 0 aliphatic carbocycles. The van der Waals surface area contributed by atoms with Crippen molar-refractivity contribution in [3.05, 3.63) is 35.0 Å². The van der Waals surface area contributed by atoms with E-state index >= 15 is 0 Å². The third-order valence-corrected chi connectivity index (χ3v) is 3.42. The average Bonchev–Trinajstić information content (AvgIpc) is 2.73. The minimum atomic E-state index is 0.163. The van der Waals surface area contributed by atoms with E-state index in [1.165, 1.54) is 0 Å². The maximum absolute atomic E-state index is 12.1. The molecule has 0 spiro atoms. The summed E-state index contributed by atoms with van der Waals surface area (Å²) in [7, 11) is 0. The number of benzene rings is 1. The smallest absolute Gasteiger partial charge is 0.227 e. The van der Waals surface area contributed by atoms with Gasteiger partial charge in [0.15, 0.2) is 0 Å². The van der Waals surface area contributed by atoms with Crippen LogP contribution in [0, 0.1) is 0 Å². The highest BCUT2D eigenvalue weighted by Gasteiger charge is 2.13. The van der Waals surface area contributed by atoms with E-state index < -0.39 is 0 Å². The van der Waals surface area contributed by atoms with E-state index in [1.54, 1.807) is 0 Å². The van der Waals surface area contributed by atoms with Crippen LogP contribution in [0.2, 0.25) is 5.02 Å². The third-order valence-electron chi connectivity index (χ3n) is 3.19.